The first-order chi connectivity index (χ1) is 13.9. The molecule has 2 saturated heterocycles. The molecule has 9 atom stereocenters. The van der Waals surface area contributed by atoms with E-state index >= 15 is 0 Å². The monoisotopic (exact) mass is 411 g/mol. The van der Waals surface area contributed by atoms with Gasteiger partial charge >= 0.3 is 0 Å². The first-order valence-electron chi connectivity index (χ1n) is 11.4. The third kappa shape index (κ3) is 4.93. The molecular formula is C21H38FN5O2. The fourth-order valence-corrected chi connectivity index (χ4v) is 5.80. The van der Waals surface area contributed by atoms with E-state index in [0.29, 0.717) is 24.7 Å². The van der Waals surface area contributed by atoms with Crippen LogP contribution in [-0.4, -0.2) is 68.2 Å². The SMILES string of the molecule is CC1CCC(F)C2CC(C(=O)N[C@H]3CCC[C@@H](C4NNC(CN(C)C)O4)C3)NC12. The van der Waals surface area contributed by atoms with Gasteiger partial charge in [0.25, 0.3) is 0 Å². The lowest BCUT2D eigenvalue weighted by molar-refractivity contribution is -0.124. The minimum Gasteiger partial charge on any atom is -0.352 e. The van der Waals surface area contributed by atoms with Crippen LogP contribution in [0.5, 0.6) is 0 Å². The van der Waals surface area contributed by atoms with Crippen LogP contribution in [0.25, 0.3) is 0 Å². The zero-order valence-corrected chi connectivity index (χ0v) is 18.0. The average molecular weight is 412 g/mol. The summed E-state index contributed by atoms with van der Waals surface area (Å²) < 4.78 is 20.5. The molecule has 166 valence electrons. The number of likely N-dealkylation sites (N-methyl/N-ethyl adjacent to an activating group) is 1. The number of fused-ring (bicyclic) bond motifs is 1. The summed E-state index contributed by atoms with van der Waals surface area (Å²) in [6, 6.07) is 0.0585. The number of amides is 1. The standard InChI is InChI=1S/C21H38FN5O2/c1-12-7-8-16(22)15-10-17(24-19(12)15)20(28)23-14-6-4-5-13(9-14)21-26-25-18(29-21)11-27(2)3/h12-19,21,24-26H,4-11H2,1-3H3,(H,23,28)/t12?,13-,14+,15?,16?,17?,18?,19?,21?/m1/s1. The van der Waals surface area contributed by atoms with Gasteiger partial charge in [-0.2, -0.15) is 0 Å². The highest BCUT2D eigenvalue weighted by atomic mass is 19.1. The zero-order chi connectivity index (χ0) is 20.5. The van der Waals surface area contributed by atoms with E-state index in [1.54, 1.807) is 0 Å². The van der Waals surface area contributed by atoms with Gasteiger partial charge in [0.15, 0.2) is 0 Å². The smallest absolute Gasteiger partial charge is 0.237 e. The van der Waals surface area contributed by atoms with Crippen molar-refractivity contribution >= 4 is 5.91 Å². The number of hydrogen-bond donors (Lipinski definition) is 4. The van der Waals surface area contributed by atoms with Gasteiger partial charge in [-0.1, -0.05) is 13.3 Å². The van der Waals surface area contributed by atoms with Gasteiger partial charge < -0.3 is 20.3 Å². The van der Waals surface area contributed by atoms with E-state index in [1.807, 2.05) is 14.1 Å². The Hall–Kier alpha value is -0.800. The molecule has 0 spiro atoms. The number of alkyl halides is 1. The summed E-state index contributed by atoms with van der Waals surface area (Å²) in [4.78, 5) is 15.0. The van der Waals surface area contributed by atoms with Gasteiger partial charge in [0.2, 0.25) is 5.91 Å². The second-order valence-corrected chi connectivity index (χ2v) is 9.94. The summed E-state index contributed by atoms with van der Waals surface area (Å²) in [5.41, 5.74) is 6.51. The van der Waals surface area contributed by atoms with Crippen molar-refractivity contribution in [2.75, 3.05) is 20.6 Å². The topological polar surface area (TPSA) is 77.7 Å². The van der Waals surface area contributed by atoms with E-state index in [0.717, 1.165) is 38.6 Å². The van der Waals surface area contributed by atoms with Gasteiger partial charge in [-0.05, 0) is 58.5 Å². The van der Waals surface area contributed by atoms with Crippen molar-refractivity contribution in [3.63, 3.8) is 0 Å². The van der Waals surface area contributed by atoms with Crippen LogP contribution in [0.15, 0.2) is 0 Å². The normalized spacial score (nSPS) is 45.3. The van der Waals surface area contributed by atoms with E-state index in [4.69, 9.17) is 4.74 Å². The molecule has 29 heavy (non-hydrogen) atoms. The fourth-order valence-electron chi connectivity index (χ4n) is 5.80. The molecule has 0 aromatic carbocycles. The van der Waals surface area contributed by atoms with Crippen molar-refractivity contribution < 1.29 is 13.9 Å². The largest absolute Gasteiger partial charge is 0.352 e. The molecule has 8 heteroatoms. The van der Waals surface area contributed by atoms with Crippen molar-refractivity contribution in [3.8, 4) is 0 Å². The molecule has 0 bridgehead atoms. The predicted octanol–water partition coefficient (Wildman–Crippen LogP) is 1.11. The van der Waals surface area contributed by atoms with Crippen molar-refractivity contribution in [1.82, 2.24) is 26.4 Å². The quantitative estimate of drug-likeness (QED) is 0.543. The number of carbonyl (C=O) groups is 1. The summed E-state index contributed by atoms with van der Waals surface area (Å²) in [6.45, 7) is 2.99. The van der Waals surface area contributed by atoms with E-state index in [2.05, 4.69) is 33.3 Å². The number of ether oxygens (including phenoxy) is 1. The number of hydrogen-bond acceptors (Lipinski definition) is 6. The summed E-state index contributed by atoms with van der Waals surface area (Å²) in [5.74, 6) is 0.859. The third-order valence-electron chi connectivity index (χ3n) is 7.37. The van der Waals surface area contributed by atoms with E-state index < -0.39 is 6.17 Å². The summed E-state index contributed by atoms with van der Waals surface area (Å²) >= 11 is 0. The molecule has 4 fully saturated rings. The Bertz CT molecular complexity index is 561. The number of hydrazine groups is 1. The minimum atomic E-state index is -0.770. The molecule has 0 aromatic rings. The number of nitrogens with one attached hydrogen (secondary N) is 4. The van der Waals surface area contributed by atoms with E-state index in [-0.39, 0.29) is 42.4 Å². The van der Waals surface area contributed by atoms with Crippen LogP contribution in [-0.2, 0) is 9.53 Å². The molecule has 4 rings (SSSR count). The number of carbonyl (C=O) groups excluding carboxylic acids is 1. The number of nitrogens with zero attached hydrogens (tertiary/aromatic N) is 1. The molecule has 4 aliphatic rings. The van der Waals surface area contributed by atoms with Crippen molar-refractivity contribution in [3.05, 3.63) is 0 Å². The molecule has 2 saturated carbocycles. The first-order valence-corrected chi connectivity index (χ1v) is 11.4. The van der Waals surface area contributed by atoms with Crippen LogP contribution in [0.1, 0.15) is 51.9 Å². The second-order valence-electron chi connectivity index (χ2n) is 9.94. The highest BCUT2D eigenvalue weighted by molar-refractivity contribution is 5.82. The molecule has 2 aliphatic carbocycles. The van der Waals surface area contributed by atoms with Crippen LogP contribution in [0.2, 0.25) is 0 Å². The summed E-state index contributed by atoms with van der Waals surface area (Å²) in [6.07, 6.45) is 5.50. The maximum Gasteiger partial charge on any atom is 0.237 e. The van der Waals surface area contributed by atoms with Gasteiger partial charge in [-0.15, -0.1) is 0 Å². The predicted molar refractivity (Wildman–Crippen MR) is 109 cm³/mol. The van der Waals surface area contributed by atoms with Crippen LogP contribution in [0.3, 0.4) is 0 Å². The lowest BCUT2D eigenvalue weighted by Gasteiger charge is -2.34. The molecule has 2 aliphatic heterocycles. The Morgan fingerprint density at radius 2 is 2.00 bits per heavy atom. The minimum absolute atomic E-state index is 0.00774. The second kappa shape index (κ2) is 9.14. The Morgan fingerprint density at radius 1 is 1.17 bits per heavy atom. The van der Waals surface area contributed by atoms with Gasteiger partial charge in [0.05, 0.1) is 6.04 Å². The Kier molecular flexibility index (Phi) is 6.75. The van der Waals surface area contributed by atoms with Crippen LogP contribution >= 0.6 is 0 Å². The lowest BCUT2D eigenvalue weighted by atomic mass is 9.77. The van der Waals surface area contributed by atoms with Crippen molar-refractivity contribution in [2.24, 2.45) is 17.8 Å². The molecular weight excluding hydrogens is 373 g/mol. The average Bonchev–Trinajstić information content (AvgIpc) is 3.33. The first kappa shape index (κ1) is 21.4. The molecule has 4 N–H and O–H groups in total. The maximum atomic E-state index is 14.3. The van der Waals surface area contributed by atoms with Gasteiger partial charge in [-0.3, -0.25) is 4.79 Å². The molecule has 2 heterocycles. The molecule has 7 nitrogen and oxygen atoms in total. The zero-order valence-electron chi connectivity index (χ0n) is 18.0. The fraction of sp³-hybridized carbons (Fsp3) is 0.952. The van der Waals surface area contributed by atoms with Crippen LogP contribution < -0.4 is 21.5 Å². The lowest BCUT2D eigenvalue weighted by Crippen LogP contribution is -2.50. The van der Waals surface area contributed by atoms with Gasteiger partial charge in [-0.25, -0.2) is 15.2 Å². The number of halogens is 1. The highest BCUT2D eigenvalue weighted by Gasteiger charge is 2.46. The Morgan fingerprint density at radius 3 is 2.76 bits per heavy atom. The van der Waals surface area contributed by atoms with Crippen LogP contribution in [0, 0.1) is 17.8 Å². The number of rotatable bonds is 5. The molecule has 0 radical (unpaired) electrons. The highest BCUT2D eigenvalue weighted by Crippen LogP contribution is 2.38. The maximum absolute atomic E-state index is 14.3. The van der Waals surface area contributed by atoms with Crippen LogP contribution in [0.4, 0.5) is 4.39 Å². The molecule has 0 aromatic heterocycles. The Labute approximate surface area is 173 Å². The molecule has 1 amide bonds. The van der Waals surface area contributed by atoms with Gasteiger partial charge in [0, 0.05) is 30.5 Å². The van der Waals surface area contributed by atoms with E-state index in [1.165, 1.54) is 0 Å². The van der Waals surface area contributed by atoms with E-state index in [9.17, 15) is 9.18 Å². The van der Waals surface area contributed by atoms with Crippen molar-refractivity contribution in [2.45, 2.75) is 88.6 Å². The third-order valence-corrected chi connectivity index (χ3v) is 7.37. The Balaban J connectivity index is 1.27. The summed E-state index contributed by atoms with van der Waals surface area (Å²) in [5, 5.41) is 6.71. The van der Waals surface area contributed by atoms with Gasteiger partial charge in [0.1, 0.15) is 18.6 Å². The summed E-state index contributed by atoms with van der Waals surface area (Å²) in [7, 11) is 4.06. The van der Waals surface area contributed by atoms with Crippen molar-refractivity contribution in [1.29, 1.82) is 0 Å². The molecule has 7 unspecified atom stereocenters.